The molecular weight excluding hydrogens is 285 g/mol. The summed E-state index contributed by atoms with van der Waals surface area (Å²) < 4.78 is 41.0. The van der Waals surface area contributed by atoms with E-state index >= 15 is 0 Å². The number of benzene rings is 1. The number of carbonyl (C=O) groups excluding carboxylic acids is 1. The number of aromatic amines is 1. The smallest absolute Gasteiger partial charge is 0.272 e. The third-order valence-electron chi connectivity index (χ3n) is 3.05. The maximum Gasteiger partial charge on any atom is 0.272 e. The molecule has 7 heteroatoms. The Morgan fingerprint density at radius 2 is 1.76 bits per heavy atom. The molecular formula is C14H7F3N2O2. The van der Waals surface area contributed by atoms with Gasteiger partial charge in [0.15, 0.2) is 0 Å². The van der Waals surface area contributed by atoms with Crippen molar-refractivity contribution in [3.05, 3.63) is 70.0 Å². The van der Waals surface area contributed by atoms with E-state index in [2.05, 4.69) is 4.98 Å². The van der Waals surface area contributed by atoms with Crippen LogP contribution in [-0.4, -0.2) is 15.5 Å². The molecule has 0 unspecified atom stereocenters. The summed E-state index contributed by atoms with van der Waals surface area (Å²) in [6, 6.07) is 3.82. The monoisotopic (exact) mass is 292 g/mol. The van der Waals surface area contributed by atoms with Gasteiger partial charge in [-0.2, -0.15) is 0 Å². The minimum absolute atomic E-state index is 0.0365. The highest BCUT2D eigenvalue weighted by Gasteiger charge is 2.22. The van der Waals surface area contributed by atoms with Crippen LogP contribution in [0.15, 0.2) is 41.5 Å². The summed E-state index contributed by atoms with van der Waals surface area (Å²) in [5.41, 5.74) is -1.53. The third-order valence-corrected chi connectivity index (χ3v) is 3.05. The van der Waals surface area contributed by atoms with Crippen LogP contribution in [0.5, 0.6) is 0 Å². The lowest BCUT2D eigenvalue weighted by atomic mass is 10.1. The van der Waals surface area contributed by atoms with E-state index in [0.29, 0.717) is 17.5 Å². The first-order valence-electron chi connectivity index (χ1n) is 5.87. The predicted molar refractivity (Wildman–Crippen MR) is 68.6 cm³/mol. The second-order valence-corrected chi connectivity index (χ2v) is 4.35. The highest BCUT2D eigenvalue weighted by molar-refractivity contribution is 6.02. The molecule has 4 nitrogen and oxygen atoms in total. The molecule has 1 N–H and O–H groups in total. The zero-order valence-corrected chi connectivity index (χ0v) is 10.4. The SMILES string of the molecule is O=C(c1c(F)cc(F)cc1F)n1ccc2cc[nH]c(=O)c21. The number of nitrogens with one attached hydrogen (secondary N) is 1. The first kappa shape index (κ1) is 13.2. The number of halogens is 3. The minimum Gasteiger partial charge on any atom is -0.327 e. The van der Waals surface area contributed by atoms with Gasteiger partial charge < -0.3 is 4.98 Å². The molecule has 3 rings (SSSR count). The lowest BCUT2D eigenvalue weighted by Gasteiger charge is -2.06. The zero-order valence-electron chi connectivity index (χ0n) is 10.4. The van der Waals surface area contributed by atoms with E-state index in [0.717, 1.165) is 4.57 Å². The Kier molecular flexibility index (Phi) is 2.90. The number of H-pyrrole nitrogens is 1. The molecule has 0 saturated heterocycles. The summed E-state index contributed by atoms with van der Waals surface area (Å²) in [7, 11) is 0. The number of aromatic nitrogens is 2. The van der Waals surface area contributed by atoms with E-state index in [1.165, 1.54) is 24.5 Å². The second kappa shape index (κ2) is 4.62. The molecule has 0 fully saturated rings. The molecule has 0 spiro atoms. The largest absolute Gasteiger partial charge is 0.327 e. The molecule has 21 heavy (non-hydrogen) atoms. The van der Waals surface area contributed by atoms with Crippen LogP contribution in [0, 0.1) is 17.5 Å². The average molecular weight is 292 g/mol. The van der Waals surface area contributed by atoms with Gasteiger partial charge in [0.05, 0.1) is 0 Å². The van der Waals surface area contributed by atoms with Gasteiger partial charge in [0, 0.05) is 29.9 Å². The Balaban J connectivity index is 2.25. The third kappa shape index (κ3) is 2.03. The van der Waals surface area contributed by atoms with Crippen LogP contribution in [0.2, 0.25) is 0 Å². The van der Waals surface area contributed by atoms with Crippen molar-refractivity contribution in [1.29, 1.82) is 0 Å². The van der Waals surface area contributed by atoms with Gasteiger partial charge in [-0.25, -0.2) is 13.2 Å². The van der Waals surface area contributed by atoms with Gasteiger partial charge in [0.25, 0.3) is 11.5 Å². The number of carbonyl (C=O) groups is 1. The molecule has 3 aromatic rings. The molecule has 0 atom stereocenters. The average Bonchev–Trinajstić information content (AvgIpc) is 2.82. The van der Waals surface area contributed by atoms with E-state index in [-0.39, 0.29) is 5.52 Å². The van der Waals surface area contributed by atoms with Crippen LogP contribution >= 0.6 is 0 Å². The molecule has 1 aromatic carbocycles. The van der Waals surface area contributed by atoms with Crippen LogP contribution in [0.3, 0.4) is 0 Å². The van der Waals surface area contributed by atoms with Crippen LogP contribution in [0.1, 0.15) is 10.4 Å². The van der Waals surface area contributed by atoms with E-state index < -0.39 is 34.5 Å². The fourth-order valence-electron chi connectivity index (χ4n) is 2.13. The molecule has 2 heterocycles. The molecule has 0 saturated carbocycles. The van der Waals surface area contributed by atoms with Crippen molar-refractivity contribution in [2.24, 2.45) is 0 Å². The Morgan fingerprint density at radius 3 is 2.43 bits per heavy atom. The standard InChI is InChI=1S/C14H7F3N2O2/c15-8-5-9(16)11(10(17)6-8)14(21)19-4-2-7-1-3-18-13(20)12(7)19/h1-6H,(H,18,20). The van der Waals surface area contributed by atoms with Gasteiger partial charge in [-0.05, 0) is 12.1 Å². The van der Waals surface area contributed by atoms with Crippen LogP contribution in [0.25, 0.3) is 10.9 Å². The quantitative estimate of drug-likeness (QED) is 0.749. The van der Waals surface area contributed by atoms with Crippen molar-refractivity contribution >= 4 is 16.8 Å². The lowest BCUT2D eigenvalue weighted by molar-refractivity contribution is 0.0956. The maximum absolute atomic E-state index is 13.7. The fourth-order valence-corrected chi connectivity index (χ4v) is 2.13. The number of hydrogen-bond donors (Lipinski definition) is 1. The molecule has 0 aliphatic carbocycles. The van der Waals surface area contributed by atoms with Crippen molar-refractivity contribution in [3.63, 3.8) is 0 Å². The minimum atomic E-state index is -1.33. The summed E-state index contributed by atoms with van der Waals surface area (Å²) in [5.74, 6) is -4.87. The molecule has 0 amide bonds. The normalized spacial score (nSPS) is 11.0. The summed E-state index contributed by atoms with van der Waals surface area (Å²) in [6.45, 7) is 0. The van der Waals surface area contributed by atoms with E-state index in [9.17, 15) is 22.8 Å². The zero-order chi connectivity index (χ0) is 15.1. The van der Waals surface area contributed by atoms with Crippen molar-refractivity contribution in [2.75, 3.05) is 0 Å². The van der Waals surface area contributed by atoms with Crippen molar-refractivity contribution in [2.45, 2.75) is 0 Å². The molecule has 0 aliphatic rings. The Bertz CT molecular complexity index is 904. The van der Waals surface area contributed by atoms with Gasteiger partial charge in [-0.3, -0.25) is 14.2 Å². The first-order chi connectivity index (χ1) is 9.99. The summed E-state index contributed by atoms with van der Waals surface area (Å²) in [5, 5.41) is 0.440. The van der Waals surface area contributed by atoms with Crippen LogP contribution < -0.4 is 5.56 Å². The van der Waals surface area contributed by atoms with Crippen molar-refractivity contribution in [3.8, 4) is 0 Å². The molecule has 0 aliphatic heterocycles. The van der Waals surface area contributed by atoms with Gasteiger partial charge >= 0.3 is 0 Å². The summed E-state index contributed by atoms with van der Waals surface area (Å²) >= 11 is 0. The van der Waals surface area contributed by atoms with Crippen molar-refractivity contribution < 1.29 is 18.0 Å². The molecule has 0 bridgehead atoms. The highest BCUT2D eigenvalue weighted by Crippen LogP contribution is 2.19. The number of hydrogen-bond acceptors (Lipinski definition) is 2. The number of fused-ring (bicyclic) bond motifs is 1. The number of rotatable bonds is 1. The second-order valence-electron chi connectivity index (χ2n) is 4.35. The van der Waals surface area contributed by atoms with Gasteiger partial charge in [0.1, 0.15) is 28.5 Å². The van der Waals surface area contributed by atoms with E-state index in [1.54, 1.807) is 0 Å². The Labute approximate surface area is 115 Å². The van der Waals surface area contributed by atoms with Gasteiger partial charge in [-0.1, -0.05) is 0 Å². The number of nitrogens with zero attached hydrogens (tertiary/aromatic N) is 1. The number of pyridine rings is 1. The van der Waals surface area contributed by atoms with Gasteiger partial charge in [0.2, 0.25) is 0 Å². The predicted octanol–water partition coefficient (Wildman–Crippen LogP) is 2.44. The summed E-state index contributed by atoms with van der Waals surface area (Å²) in [4.78, 5) is 26.3. The lowest BCUT2D eigenvalue weighted by Crippen LogP contribution is -2.19. The van der Waals surface area contributed by atoms with Crippen LogP contribution in [0.4, 0.5) is 13.2 Å². The Hall–Kier alpha value is -2.83. The van der Waals surface area contributed by atoms with Crippen LogP contribution in [-0.2, 0) is 0 Å². The molecule has 106 valence electrons. The molecule has 0 radical (unpaired) electrons. The molecule has 2 aromatic heterocycles. The summed E-state index contributed by atoms with van der Waals surface area (Å²) in [6.07, 6.45) is 2.61. The maximum atomic E-state index is 13.7. The fraction of sp³-hybridized carbons (Fsp3) is 0. The van der Waals surface area contributed by atoms with E-state index in [1.807, 2.05) is 0 Å². The van der Waals surface area contributed by atoms with Gasteiger partial charge in [-0.15, -0.1) is 0 Å². The first-order valence-corrected chi connectivity index (χ1v) is 5.87. The highest BCUT2D eigenvalue weighted by atomic mass is 19.1. The van der Waals surface area contributed by atoms with Crippen molar-refractivity contribution in [1.82, 2.24) is 9.55 Å². The Morgan fingerprint density at radius 1 is 1.10 bits per heavy atom. The van der Waals surface area contributed by atoms with E-state index in [4.69, 9.17) is 0 Å². The topological polar surface area (TPSA) is 54.9 Å².